The third-order valence-corrected chi connectivity index (χ3v) is 2.31. The van der Waals surface area contributed by atoms with Crippen molar-refractivity contribution < 1.29 is 18.3 Å². The summed E-state index contributed by atoms with van der Waals surface area (Å²) in [7, 11) is 1.20. The molecule has 0 bridgehead atoms. The van der Waals surface area contributed by atoms with Gasteiger partial charge in [0.25, 0.3) is 6.43 Å². The van der Waals surface area contributed by atoms with E-state index in [0.29, 0.717) is 0 Å². The summed E-state index contributed by atoms with van der Waals surface area (Å²) in [5.74, 6) is -0.572. The highest BCUT2D eigenvalue weighted by Gasteiger charge is 2.21. The fraction of sp³-hybridized carbons (Fsp3) is 0.400. The lowest BCUT2D eigenvalue weighted by molar-refractivity contribution is -0.139. The maximum atomic E-state index is 12.8. The number of hydrogen-bond acceptors (Lipinski definition) is 5. The monoisotopic (exact) mass is 245 g/mol. The second kappa shape index (κ2) is 5.53. The minimum Gasteiger partial charge on any atom is -0.469 e. The first kappa shape index (κ1) is 13.3. The van der Waals surface area contributed by atoms with Crippen LogP contribution in [0.5, 0.6) is 0 Å². The number of nitrogen functional groups attached to an aromatic ring is 1. The van der Waals surface area contributed by atoms with Crippen LogP contribution >= 0.6 is 0 Å². The molecule has 0 aliphatic carbocycles. The summed E-state index contributed by atoms with van der Waals surface area (Å²) in [5.41, 5.74) is 10.6. The fourth-order valence-corrected chi connectivity index (χ4v) is 1.47. The second-order valence-corrected chi connectivity index (χ2v) is 3.31. The number of carbonyl (C=O) groups excluding carboxylic acids is 1. The van der Waals surface area contributed by atoms with Gasteiger partial charge in [-0.15, -0.1) is 0 Å². The van der Waals surface area contributed by atoms with Crippen LogP contribution in [-0.2, 0) is 22.5 Å². The molecule has 0 aliphatic heterocycles. The molecule has 0 aliphatic rings. The largest absolute Gasteiger partial charge is 0.469 e. The molecule has 1 rings (SSSR count). The Balaban J connectivity index is 3.23. The first-order chi connectivity index (χ1) is 8.01. The maximum Gasteiger partial charge on any atom is 0.311 e. The van der Waals surface area contributed by atoms with Gasteiger partial charge >= 0.3 is 5.97 Å². The predicted octanol–water partition coefficient (Wildman–Crippen LogP) is 0.776. The summed E-state index contributed by atoms with van der Waals surface area (Å²) >= 11 is 0. The summed E-state index contributed by atoms with van der Waals surface area (Å²) in [4.78, 5) is 14.9. The normalized spacial score (nSPS) is 10.6. The third-order valence-electron chi connectivity index (χ3n) is 2.31. The Bertz CT molecular complexity index is 424. The number of aromatic nitrogens is 1. The molecule has 0 saturated carbocycles. The van der Waals surface area contributed by atoms with Gasteiger partial charge in [0.15, 0.2) is 0 Å². The van der Waals surface area contributed by atoms with Crippen LogP contribution in [0.2, 0.25) is 0 Å². The third kappa shape index (κ3) is 2.88. The smallest absolute Gasteiger partial charge is 0.311 e. The van der Waals surface area contributed by atoms with E-state index in [-0.39, 0.29) is 35.5 Å². The number of esters is 1. The van der Waals surface area contributed by atoms with Crippen molar-refractivity contribution in [2.45, 2.75) is 19.4 Å². The zero-order chi connectivity index (χ0) is 13.0. The zero-order valence-corrected chi connectivity index (χ0v) is 9.24. The molecule has 1 aromatic heterocycles. The van der Waals surface area contributed by atoms with E-state index in [1.165, 1.54) is 7.11 Å². The standard InChI is InChI=1S/C10H13F2N3O2/c1-17-8(16)2-7-5(3-13)9(10(11)12)6(14)4-15-7/h4,10H,2-3,13-14H2,1H3. The van der Waals surface area contributed by atoms with Gasteiger partial charge in [-0.2, -0.15) is 0 Å². The molecule has 0 radical (unpaired) electrons. The molecule has 4 N–H and O–H groups in total. The van der Waals surface area contributed by atoms with Gasteiger partial charge in [-0.1, -0.05) is 0 Å². The molecule has 0 amide bonds. The van der Waals surface area contributed by atoms with Gasteiger partial charge in [0.1, 0.15) is 0 Å². The van der Waals surface area contributed by atoms with Crippen LogP contribution in [-0.4, -0.2) is 18.1 Å². The molecule has 17 heavy (non-hydrogen) atoms. The first-order valence-corrected chi connectivity index (χ1v) is 4.82. The average Bonchev–Trinajstić information content (AvgIpc) is 2.30. The number of carbonyl (C=O) groups is 1. The first-order valence-electron chi connectivity index (χ1n) is 4.82. The molecule has 0 atom stereocenters. The van der Waals surface area contributed by atoms with E-state index in [1.54, 1.807) is 0 Å². The van der Waals surface area contributed by atoms with E-state index in [4.69, 9.17) is 11.5 Å². The molecular weight excluding hydrogens is 232 g/mol. The van der Waals surface area contributed by atoms with E-state index in [9.17, 15) is 13.6 Å². The van der Waals surface area contributed by atoms with Crippen molar-refractivity contribution >= 4 is 11.7 Å². The van der Waals surface area contributed by atoms with E-state index in [0.717, 1.165) is 6.20 Å². The molecule has 5 nitrogen and oxygen atoms in total. The van der Waals surface area contributed by atoms with Crippen molar-refractivity contribution in [3.05, 3.63) is 23.0 Å². The highest BCUT2D eigenvalue weighted by atomic mass is 19.3. The Morgan fingerprint density at radius 3 is 2.71 bits per heavy atom. The van der Waals surface area contributed by atoms with Gasteiger partial charge in [-0.25, -0.2) is 8.78 Å². The SMILES string of the molecule is COC(=O)Cc1ncc(N)c(C(F)F)c1CN. The van der Waals surface area contributed by atoms with Gasteiger partial charge < -0.3 is 16.2 Å². The molecular formula is C10H13F2N3O2. The van der Waals surface area contributed by atoms with Gasteiger partial charge in [0.05, 0.1) is 31.1 Å². The average molecular weight is 245 g/mol. The Morgan fingerprint density at radius 2 is 2.24 bits per heavy atom. The number of nitrogens with two attached hydrogens (primary N) is 2. The molecule has 1 heterocycles. The van der Waals surface area contributed by atoms with Crippen molar-refractivity contribution in [3.63, 3.8) is 0 Å². The molecule has 0 saturated heterocycles. The van der Waals surface area contributed by atoms with E-state index in [2.05, 4.69) is 9.72 Å². The topological polar surface area (TPSA) is 91.2 Å². The Morgan fingerprint density at radius 1 is 1.59 bits per heavy atom. The van der Waals surface area contributed by atoms with Gasteiger partial charge in [-0.05, 0) is 5.56 Å². The number of methoxy groups -OCH3 is 1. The van der Waals surface area contributed by atoms with Crippen LogP contribution in [0.25, 0.3) is 0 Å². The van der Waals surface area contributed by atoms with E-state index >= 15 is 0 Å². The summed E-state index contributed by atoms with van der Waals surface area (Å²) < 4.78 is 30.0. The van der Waals surface area contributed by atoms with Crippen molar-refractivity contribution in [3.8, 4) is 0 Å². The van der Waals surface area contributed by atoms with Crippen LogP contribution in [0, 0.1) is 0 Å². The van der Waals surface area contributed by atoms with Crippen LogP contribution in [0.3, 0.4) is 0 Å². The number of nitrogens with zero attached hydrogens (tertiary/aromatic N) is 1. The minimum atomic E-state index is -2.76. The van der Waals surface area contributed by atoms with Crippen LogP contribution < -0.4 is 11.5 Å². The lowest BCUT2D eigenvalue weighted by Crippen LogP contribution is -2.15. The number of halogens is 2. The minimum absolute atomic E-state index is 0.102. The quantitative estimate of drug-likeness (QED) is 0.765. The molecule has 94 valence electrons. The molecule has 0 unspecified atom stereocenters. The number of anilines is 1. The van der Waals surface area contributed by atoms with Crippen LogP contribution in [0.4, 0.5) is 14.5 Å². The number of alkyl halides is 2. The molecule has 7 heteroatoms. The van der Waals surface area contributed by atoms with Gasteiger partial charge in [-0.3, -0.25) is 9.78 Å². The lowest BCUT2D eigenvalue weighted by atomic mass is 10.0. The van der Waals surface area contributed by atoms with Gasteiger partial charge in [0.2, 0.25) is 0 Å². The summed E-state index contributed by atoms with van der Waals surface area (Å²) in [5, 5.41) is 0. The molecule has 0 aromatic carbocycles. The van der Waals surface area contributed by atoms with Crippen molar-refractivity contribution in [2.24, 2.45) is 5.73 Å². The Kier molecular flexibility index (Phi) is 4.33. The van der Waals surface area contributed by atoms with Crippen molar-refractivity contribution in [2.75, 3.05) is 12.8 Å². The molecule has 0 fully saturated rings. The van der Waals surface area contributed by atoms with Crippen LogP contribution in [0.15, 0.2) is 6.20 Å². The Labute approximate surface area is 96.8 Å². The van der Waals surface area contributed by atoms with Gasteiger partial charge in [0, 0.05) is 12.1 Å². The van der Waals surface area contributed by atoms with Crippen molar-refractivity contribution in [1.29, 1.82) is 0 Å². The molecule has 1 aromatic rings. The highest BCUT2D eigenvalue weighted by molar-refractivity contribution is 5.72. The number of rotatable bonds is 4. The zero-order valence-electron chi connectivity index (χ0n) is 9.24. The fourth-order valence-electron chi connectivity index (χ4n) is 1.47. The predicted molar refractivity (Wildman–Crippen MR) is 57.2 cm³/mol. The number of hydrogen-bond donors (Lipinski definition) is 2. The maximum absolute atomic E-state index is 12.8. The number of pyridine rings is 1. The van der Waals surface area contributed by atoms with Crippen molar-refractivity contribution in [1.82, 2.24) is 4.98 Å². The summed E-state index contributed by atoms with van der Waals surface area (Å²) in [6.45, 7) is -0.163. The highest BCUT2D eigenvalue weighted by Crippen LogP contribution is 2.29. The summed E-state index contributed by atoms with van der Waals surface area (Å²) in [6.07, 6.45) is -1.87. The second-order valence-electron chi connectivity index (χ2n) is 3.31. The van der Waals surface area contributed by atoms with E-state index < -0.39 is 12.4 Å². The lowest BCUT2D eigenvalue weighted by Gasteiger charge is -2.13. The Hall–Kier alpha value is -1.76. The van der Waals surface area contributed by atoms with Crippen LogP contribution in [0.1, 0.15) is 23.2 Å². The van der Waals surface area contributed by atoms with E-state index in [1.807, 2.05) is 0 Å². The molecule has 0 spiro atoms. The number of ether oxygens (including phenoxy) is 1. The summed E-state index contributed by atoms with van der Waals surface area (Å²) in [6, 6.07) is 0.